The molecule has 1 fully saturated rings. The van der Waals surface area contributed by atoms with Crippen molar-refractivity contribution < 1.29 is 26.9 Å². The number of rotatable bonds is 5. The zero-order valence-electron chi connectivity index (χ0n) is 15.7. The minimum absolute atomic E-state index is 0.0382. The van der Waals surface area contributed by atoms with Crippen molar-refractivity contribution in [3.05, 3.63) is 29.8 Å². The van der Waals surface area contributed by atoms with E-state index in [2.05, 4.69) is 0 Å². The summed E-state index contributed by atoms with van der Waals surface area (Å²) >= 11 is 0. The zero-order valence-corrected chi connectivity index (χ0v) is 16.5. The van der Waals surface area contributed by atoms with Crippen LogP contribution < -0.4 is 0 Å². The van der Waals surface area contributed by atoms with E-state index >= 15 is 0 Å². The van der Waals surface area contributed by atoms with Gasteiger partial charge >= 0.3 is 6.09 Å². The lowest BCUT2D eigenvalue weighted by atomic mass is 10.1. The van der Waals surface area contributed by atoms with Gasteiger partial charge in [0.1, 0.15) is 5.60 Å². The van der Waals surface area contributed by atoms with Gasteiger partial charge in [-0.05, 0) is 46.2 Å². The minimum Gasteiger partial charge on any atom is -0.444 e. The molecule has 2 rings (SSSR count). The number of nitrogens with zero attached hydrogens (tertiary/aromatic N) is 1. The van der Waals surface area contributed by atoms with Gasteiger partial charge in [0.2, 0.25) is 0 Å². The number of benzene rings is 1. The maximum Gasteiger partial charge on any atom is 0.410 e. The molecule has 0 aliphatic carbocycles. The fourth-order valence-electron chi connectivity index (χ4n) is 2.52. The van der Waals surface area contributed by atoms with Crippen molar-refractivity contribution >= 4 is 16.2 Å². The Hall–Kier alpha value is -1.64. The molecule has 0 bridgehead atoms. The number of ether oxygens (including phenoxy) is 2. The summed E-state index contributed by atoms with van der Waals surface area (Å²) in [5.41, 5.74) is 0.377. The van der Waals surface area contributed by atoms with E-state index in [1.54, 1.807) is 37.8 Å². The fraction of sp³-hybridized carbons (Fsp3) is 0.611. The predicted octanol–water partition coefficient (Wildman–Crippen LogP) is 2.73. The molecule has 0 unspecified atom stereocenters. The third-order valence-electron chi connectivity index (χ3n) is 3.85. The molecule has 0 N–H and O–H groups in total. The van der Waals surface area contributed by atoms with Gasteiger partial charge in [0.05, 0.1) is 30.8 Å². The zero-order chi connectivity index (χ0) is 19.4. The molecule has 1 atom stereocenters. The highest BCUT2D eigenvalue weighted by Crippen LogP contribution is 2.18. The van der Waals surface area contributed by atoms with Gasteiger partial charge in [0, 0.05) is 6.54 Å². The summed E-state index contributed by atoms with van der Waals surface area (Å²) in [6, 6.07) is 6.18. The van der Waals surface area contributed by atoms with E-state index in [1.165, 1.54) is 12.1 Å². The van der Waals surface area contributed by atoms with Crippen molar-refractivity contribution in [2.45, 2.75) is 50.7 Å². The number of morpholine rings is 1. The molecular weight excluding hydrogens is 358 g/mol. The van der Waals surface area contributed by atoms with E-state index in [9.17, 15) is 13.2 Å². The average Bonchev–Trinajstić information content (AvgIpc) is 2.54. The summed E-state index contributed by atoms with van der Waals surface area (Å²) in [6.45, 7) is 8.41. The Morgan fingerprint density at radius 2 is 1.92 bits per heavy atom. The first kappa shape index (κ1) is 20.7. The normalized spacial score (nSPS) is 18.6. The van der Waals surface area contributed by atoms with Gasteiger partial charge in [-0.2, -0.15) is 8.42 Å². The summed E-state index contributed by atoms with van der Waals surface area (Å²) < 4.78 is 40.4. The molecule has 0 aromatic heterocycles. The number of hydrogen-bond donors (Lipinski definition) is 0. The van der Waals surface area contributed by atoms with Gasteiger partial charge < -0.3 is 14.4 Å². The van der Waals surface area contributed by atoms with Crippen LogP contribution in [0, 0.1) is 6.92 Å². The van der Waals surface area contributed by atoms with Crippen molar-refractivity contribution in [3.8, 4) is 0 Å². The van der Waals surface area contributed by atoms with Crippen LogP contribution in [0.25, 0.3) is 0 Å². The maximum atomic E-state index is 12.3. The first-order valence-corrected chi connectivity index (χ1v) is 10.0. The van der Waals surface area contributed by atoms with Gasteiger partial charge in [0.25, 0.3) is 10.1 Å². The van der Waals surface area contributed by atoms with E-state index in [0.29, 0.717) is 26.2 Å². The molecule has 1 aliphatic rings. The average molecular weight is 385 g/mol. The van der Waals surface area contributed by atoms with Crippen molar-refractivity contribution in [2.24, 2.45) is 0 Å². The molecule has 0 saturated carbocycles. The lowest BCUT2D eigenvalue weighted by Gasteiger charge is -2.36. The van der Waals surface area contributed by atoms with E-state index in [-0.39, 0.29) is 17.5 Å². The summed E-state index contributed by atoms with van der Waals surface area (Å²) in [5.74, 6) is 0. The second-order valence-electron chi connectivity index (χ2n) is 7.28. The molecule has 1 aromatic carbocycles. The third kappa shape index (κ3) is 5.96. The Labute approximate surface area is 155 Å². The lowest BCUT2D eigenvalue weighted by molar-refractivity contribution is -0.0359. The quantitative estimate of drug-likeness (QED) is 0.725. The molecule has 1 heterocycles. The largest absolute Gasteiger partial charge is 0.444 e. The molecule has 0 radical (unpaired) electrons. The summed E-state index contributed by atoms with van der Waals surface area (Å²) in [6.07, 6.45) is -0.0863. The van der Waals surface area contributed by atoms with Crippen molar-refractivity contribution in [1.29, 1.82) is 0 Å². The molecule has 0 spiro atoms. The Bertz CT molecular complexity index is 708. The van der Waals surface area contributed by atoms with Crippen LogP contribution >= 0.6 is 0 Å². The van der Waals surface area contributed by atoms with Gasteiger partial charge in [-0.1, -0.05) is 17.7 Å². The molecule has 146 valence electrons. The number of aryl methyl sites for hydroxylation is 1. The van der Waals surface area contributed by atoms with Crippen molar-refractivity contribution in [2.75, 3.05) is 26.4 Å². The number of carbonyl (C=O) groups is 1. The molecular formula is C18H27NO6S. The maximum absolute atomic E-state index is 12.3. The molecule has 1 aromatic rings. The summed E-state index contributed by atoms with van der Waals surface area (Å²) in [5, 5.41) is 0. The first-order chi connectivity index (χ1) is 12.1. The second kappa shape index (κ2) is 8.37. The van der Waals surface area contributed by atoms with E-state index in [0.717, 1.165) is 5.56 Å². The smallest absolute Gasteiger partial charge is 0.410 e. The predicted molar refractivity (Wildman–Crippen MR) is 96.5 cm³/mol. The summed E-state index contributed by atoms with van der Waals surface area (Å²) in [7, 11) is -3.82. The Morgan fingerprint density at radius 3 is 2.54 bits per heavy atom. The van der Waals surface area contributed by atoms with Crippen LogP contribution in [0.2, 0.25) is 0 Å². The van der Waals surface area contributed by atoms with Crippen LogP contribution in [0.5, 0.6) is 0 Å². The minimum atomic E-state index is -3.82. The lowest BCUT2D eigenvalue weighted by Crippen LogP contribution is -2.50. The molecule has 8 heteroatoms. The fourth-order valence-corrected chi connectivity index (χ4v) is 3.44. The van der Waals surface area contributed by atoms with Gasteiger partial charge in [-0.3, -0.25) is 4.18 Å². The Morgan fingerprint density at radius 1 is 1.27 bits per heavy atom. The highest BCUT2D eigenvalue weighted by atomic mass is 32.2. The van der Waals surface area contributed by atoms with E-state index in [4.69, 9.17) is 13.7 Å². The van der Waals surface area contributed by atoms with Crippen LogP contribution in [-0.2, 0) is 23.8 Å². The third-order valence-corrected chi connectivity index (χ3v) is 5.18. The van der Waals surface area contributed by atoms with E-state index in [1.807, 2.05) is 6.92 Å². The van der Waals surface area contributed by atoms with Crippen molar-refractivity contribution in [3.63, 3.8) is 0 Å². The summed E-state index contributed by atoms with van der Waals surface area (Å²) in [4.78, 5) is 14.0. The van der Waals surface area contributed by atoms with Crippen LogP contribution in [0.3, 0.4) is 0 Å². The van der Waals surface area contributed by atoms with Gasteiger partial charge in [-0.15, -0.1) is 0 Å². The number of carbonyl (C=O) groups excluding carboxylic acids is 1. The van der Waals surface area contributed by atoms with Crippen LogP contribution in [-0.4, -0.2) is 57.4 Å². The molecule has 1 saturated heterocycles. The molecule has 1 amide bonds. The number of hydrogen-bond acceptors (Lipinski definition) is 6. The van der Waals surface area contributed by atoms with Crippen molar-refractivity contribution in [1.82, 2.24) is 4.90 Å². The molecule has 26 heavy (non-hydrogen) atoms. The second-order valence-corrected chi connectivity index (χ2v) is 8.90. The van der Waals surface area contributed by atoms with Crippen LogP contribution in [0.1, 0.15) is 32.8 Å². The topological polar surface area (TPSA) is 82.1 Å². The highest BCUT2D eigenvalue weighted by Gasteiger charge is 2.31. The monoisotopic (exact) mass is 385 g/mol. The SMILES string of the molecule is Cc1ccc(S(=O)(=O)OCC[C@@H]2COCCN2C(=O)OC(C)(C)C)cc1. The Balaban J connectivity index is 1.93. The van der Waals surface area contributed by atoms with Crippen LogP contribution in [0.4, 0.5) is 4.79 Å². The number of amides is 1. The van der Waals surface area contributed by atoms with Gasteiger partial charge in [-0.25, -0.2) is 4.79 Å². The standard InChI is InChI=1S/C18H27NO6S/c1-14-5-7-16(8-6-14)26(21,22)24-11-9-15-13-23-12-10-19(15)17(20)25-18(2,3)4/h5-8,15H,9-13H2,1-4H3/t15-/m1/s1. The van der Waals surface area contributed by atoms with Gasteiger partial charge in [0.15, 0.2) is 0 Å². The molecule has 7 nitrogen and oxygen atoms in total. The van der Waals surface area contributed by atoms with Crippen LogP contribution in [0.15, 0.2) is 29.2 Å². The first-order valence-electron chi connectivity index (χ1n) is 8.62. The van der Waals surface area contributed by atoms with E-state index < -0.39 is 21.8 Å². The molecule has 1 aliphatic heterocycles. The Kier molecular flexibility index (Phi) is 6.65. The highest BCUT2D eigenvalue weighted by molar-refractivity contribution is 7.86.